The third kappa shape index (κ3) is 1.90. The molecule has 0 radical (unpaired) electrons. The van der Waals surface area contributed by atoms with Gasteiger partial charge in [-0.25, -0.2) is 4.79 Å². The van der Waals surface area contributed by atoms with Crippen molar-refractivity contribution in [3.05, 3.63) is 20.8 Å². The molecule has 1 aromatic rings. The maximum absolute atomic E-state index is 12.1. The fraction of sp³-hybridized carbons (Fsp3) is 0.583. The fourth-order valence-electron chi connectivity index (χ4n) is 2.99. The molecule has 0 bridgehead atoms. The molecule has 0 unspecified atom stereocenters. The second kappa shape index (κ2) is 4.87. The number of nitrogens with zero attached hydrogens (tertiary/aromatic N) is 1. The van der Waals surface area contributed by atoms with Crippen molar-refractivity contribution in [1.29, 1.82) is 0 Å². The summed E-state index contributed by atoms with van der Waals surface area (Å²) in [5.41, 5.74) is -1.44. The topological polar surface area (TPSA) is 71.7 Å². The van der Waals surface area contributed by atoms with Crippen LogP contribution in [-0.2, 0) is 15.1 Å². The standard InChI is InChI=1S/C12H15Br2NO4/c1-5-9(6(2)16)12(18,11(17)19-3)8-4-7(13)10(14)15(5)8/h4-6,9,16,18H,1-3H3/t5-,6+,9+,12+/m1/s1. The Labute approximate surface area is 127 Å². The van der Waals surface area contributed by atoms with E-state index in [0.717, 1.165) is 9.08 Å². The van der Waals surface area contributed by atoms with Crippen LogP contribution in [0.2, 0.25) is 0 Å². The molecule has 0 fully saturated rings. The van der Waals surface area contributed by atoms with E-state index in [2.05, 4.69) is 31.9 Å². The minimum atomic E-state index is -1.85. The predicted molar refractivity (Wildman–Crippen MR) is 75.6 cm³/mol. The zero-order valence-electron chi connectivity index (χ0n) is 10.7. The zero-order valence-corrected chi connectivity index (χ0v) is 13.9. The Balaban J connectivity index is 2.69. The van der Waals surface area contributed by atoms with Crippen molar-refractivity contribution in [2.24, 2.45) is 5.92 Å². The summed E-state index contributed by atoms with van der Waals surface area (Å²) in [6, 6.07) is 1.42. The summed E-state index contributed by atoms with van der Waals surface area (Å²) in [6.07, 6.45) is -0.857. The van der Waals surface area contributed by atoms with E-state index in [-0.39, 0.29) is 6.04 Å². The first kappa shape index (κ1) is 15.0. The number of rotatable bonds is 2. The number of aliphatic hydroxyl groups excluding tert-OH is 1. The molecule has 0 amide bonds. The minimum Gasteiger partial charge on any atom is -0.467 e. The average Bonchev–Trinajstić information content (AvgIpc) is 2.75. The van der Waals surface area contributed by atoms with Crippen LogP contribution in [0.1, 0.15) is 25.6 Å². The van der Waals surface area contributed by atoms with E-state index in [1.807, 2.05) is 6.92 Å². The molecule has 2 heterocycles. The summed E-state index contributed by atoms with van der Waals surface area (Å²) in [6.45, 7) is 3.41. The molecule has 2 N–H and O–H groups in total. The van der Waals surface area contributed by atoms with E-state index in [9.17, 15) is 15.0 Å². The van der Waals surface area contributed by atoms with Gasteiger partial charge in [0, 0.05) is 6.04 Å². The predicted octanol–water partition coefficient (Wildman–Crippen LogP) is 1.95. The van der Waals surface area contributed by atoms with E-state index < -0.39 is 23.6 Å². The van der Waals surface area contributed by atoms with E-state index in [0.29, 0.717) is 5.69 Å². The Morgan fingerprint density at radius 1 is 1.58 bits per heavy atom. The lowest BCUT2D eigenvalue weighted by Gasteiger charge is -2.30. The quantitative estimate of drug-likeness (QED) is 0.749. The van der Waals surface area contributed by atoms with Crippen LogP contribution in [0.15, 0.2) is 15.1 Å². The molecule has 0 aliphatic carbocycles. The monoisotopic (exact) mass is 395 g/mol. The highest BCUT2D eigenvalue weighted by Gasteiger charge is 2.58. The molecule has 0 spiro atoms. The summed E-state index contributed by atoms with van der Waals surface area (Å²) in [4.78, 5) is 12.1. The van der Waals surface area contributed by atoms with Gasteiger partial charge < -0.3 is 19.5 Å². The number of esters is 1. The Morgan fingerprint density at radius 3 is 2.63 bits per heavy atom. The Morgan fingerprint density at radius 2 is 2.16 bits per heavy atom. The Kier molecular flexibility index (Phi) is 3.85. The van der Waals surface area contributed by atoms with Gasteiger partial charge in [-0.15, -0.1) is 0 Å². The molecule has 1 aromatic heterocycles. The van der Waals surface area contributed by atoms with Crippen LogP contribution in [0, 0.1) is 5.92 Å². The molecule has 1 aliphatic heterocycles. The molecule has 19 heavy (non-hydrogen) atoms. The van der Waals surface area contributed by atoms with Gasteiger partial charge in [0.1, 0.15) is 0 Å². The number of methoxy groups -OCH3 is 1. The first-order valence-corrected chi connectivity index (χ1v) is 7.41. The number of hydrogen-bond acceptors (Lipinski definition) is 4. The van der Waals surface area contributed by atoms with Gasteiger partial charge in [-0.05, 0) is 51.8 Å². The molecule has 0 saturated carbocycles. The molecule has 2 rings (SSSR count). The molecular weight excluding hydrogens is 382 g/mol. The van der Waals surface area contributed by atoms with Crippen molar-refractivity contribution < 1.29 is 19.7 Å². The van der Waals surface area contributed by atoms with Gasteiger partial charge >= 0.3 is 5.97 Å². The number of ether oxygens (including phenoxy) is 1. The number of carbonyl (C=O) groups is 1. The van der Waals surface area contributed by atoms with Crippen molar-refractivity contribution in [2.45, 2.75) is 31.6 Å². The highest BCUT2D eigenvalue weighted by Crippen LogP contribution is 2.51. The maximum Gasteiger partial charge on any atom is 0.344 e. The number of aromatic nitrogens is 1. The smallest absolute Gasteiger partial charge is 0.344 e. The molecule has 0 aromatic carbocycles. The summed E-state index contributed by atoms with van der Waals surface area (Å²) in [5.74, 6) is -1.43. The van der Waals surface area contributed by atoms with Gasteiger partial charge in [0.25, 0.3) is 0 Å². The lowest BCUT2D eigenvalue weighted by molar-refractivity contribution is -0.175. The van der Waals surface area contributed by atoms with Crippen molar-refractivity contribution >= 4 is 37.8 Å². The molecule has 0 saturated heterocycles. The van der Waals surface area contributed by atoms with Crippen LogP contribution in [-0.4, -0.2) is 34.0 Å². The van der Waals surface area contributed by atoms with Gasteiger partial charge in [-0.2, -0.15) is 0 Å². The number of aliphatic hydroxyl groups is 2. The first-order chi connectivity index (χ1) is 8.76. The van der Waals surface area contributed by atoms with Crippen molar-refractivity contribution in [2.75, 3.05) is 7.11 Å². The van der Waals surface area contributed by atoms with Crippen LogP contribution in [0.3, 0.4) is 0 Å². The van der Waals surface area contributed by atoms with Crippen LogP contribution in [0.25, 0.3) is 0 Å². The normalized spacial score (nSPS) is 31.1. The molecule has 4 atom stereocenters. The van der Waals surface area contributed by atoms with E-state index in [4.69, 9.17) is 4.74 Å². The highest BCUT2D eigenvalue weighted by atomic mass is 79.9. The lowest BCUT2D eigenvalue weighted by atomic mass is 9.80. The average molecular weight is 397 g/mol. The second-order valence-electron chi connectivity index (χ2n) is 4.80. The largest absolute Gasteiger partial charge is 0.467 e. The van der Waals surface area contributed by atoms with Gasteiger partial charge in [0.2, 0.25) is 5.60 Å². The fourth-order valence-corrected chi connectivity index (χ4v) is 4.03. The van der Waals surface area contributed by atoms with Crippen molar-refractivity contribution in [1.82, 2.24) is 4.57 Å². The molecule has 1 aliphatic rings. The van der Waals surface area contributed by atoms with Crippen LogP contribution in [0.5, 0.6) is 0 Å². The van der Waals surface area contributed by atoms with Gasteiger partial charge in [0.05, 0.1) is 33.9 Å². The van der Waals surface area contributed by atoms with Gasteiger partial charge in [-0.1, -0.05) is 0 Å². The molecular formula is C12H15Br2NO4. The zero-order chi connectivity index (χ0) is 14.5. The number of hydrogen-bond donors (Lipinski definition) is 2. The van der Waals surface area contributed by atoms with Crippen LogP contribution >= 0.6 is 31.9 Å². The Hall–Kier alpha value is -0.370. The van der Waals surface area contributed by atoms with Gasteiger partial charge in [0.15, 0.2) is 0 Å². The molecule has 106 valence electrons. The second-order valence-corrected chi connectivity index (χ2v) is 6.41. The third-order valence-electron chi connectivity index (χ3n) is 3.75. The van der Waals surface area contributed by atoms with E-state index in [1.165, 1.54) is 7.11 Å². The highest BCUT2D eigenvalue weighted by molar-refractivity contribution is 9.13. The SMILES string of the molecule is COC(=O)[C@]1(O)c2cc(Br)c(Br)n2[C@H](C)[C@H]1[C@H](C)O. The van der Waals surface area contributed by atoms with E-state index in [1.54, 1.807) is 17.6 Å². The van der Waals surface area contributed by atoms with E-state index >= 15 is 0 Å². The van der Waals surface area contributed by atoms with Gasteiger partial charge in [-0.3, -0.25) is 0 Å². The summed E-state index contributed by atoms with van der Waals surface area (Å²) < 4.78 is 7.98. The summed E-state index contributed by atoms with van der Waals surface area (Å²) in [7, 11) is 1.22. The molecule has 5 nitrogen and oxygen atoms in total. The Bertz CT molecular complexity index is 528. The summed E-state index contributed by atoms with van der Waals surface area (Å²) >= 11 is 6.77. The minimum absolute atomic E-state index is 0.250. The number of fused-ring (bicyclic) bond motifs is 1. The third-order valence-corrected chi connectivity index (χ3v) is 5.69. The lowest BCUT2D eigenvalue weighted by Crippen LogP contribution is -2.46. The maximum atomic E-state index is 12.1. The van der Waals surface area contributed by atoms with Crippen molar-refractivity contribution in [3.63, 3.8) is 0 Å². The number of halogens is 2. The van der Waals surface area contributed by atoms with Crippen LogP contribution < -0.4 is 0 Å². The molecule has 7 heteroatoms. The summed E-state index contributed by atoms with van der Waals surface area (Å²) in [5, 5.41) is 20.8. The van der Waals surface area contributed by atoms with Crippen LogP contribution in [0.4, 0.5) is 0 Å². The number of carbonyl (C=O) groups excluding carboxylic acids is 1. The van der Waals surface area contributed by atoms with Crippen molar-refractivity contribution in [3.8, 4) is 0 Å². The first-order valence-electron chi connectivity index (χ1n) is 5.82.